The number of nitrogens with zero attached hydrogens (tertiary/aromatic N) is 1. The van der Waals surface area contributed by atoms with E-state index in [-0.39, 0.29) is 4.90 Å². The van der Waals surface area contributed by atoms with Gasteiger partial charge < -0.3 is 9.72 Å². The Morgan fingerprint density at radius 2 is 1.75 bits per heavy atom. The maximum atomic E-state index is 13.0. The number of H-pyrrole nitrogens is 1. The van der Waals surface area contributed by atoms with E-state index in [1.807, 2.05) is 0 Å². The average molecular weight is 410 g/mol. The van der Waals surface area contributed by atoms with E-state index in [1.54, 1.807) is 18.2 Å². The molecular weight excluding hydrogens is 393 g/mol. The molecule has 1 aromatic heterocycles. The molecule has 2 aromatic carbocycles. The Labute approximate surface area is 159 Å². The monoisotopic (exact) mass is 410 g/mol. The maximum absolute atomic E-state index is 13.0. The fraction of sp³-hybridized carbons (Fsp3) is 0.263. The van der Waals surface area contributed by atoms with Gasteiger partial charge in [-0.3, -0.25) is 0 Å². The lowest BCUT2D eigenvalue weighted by Crippen LogP contribution is -2.40. The quantitative estimate of drug-likeness (QED) is 0.713. The van der Waals surface area contributed by atoms with Crippen LogP contribution in [0.5, 0.6) is 0 Å². The lowest BCUT2D eigenvalue weighted by atomic mass is 10.1. The summed E-state index contributed by atoms with van der Waals surface area (Å²) in [5.41, 5.74) is 0.776. The number of aromatic amines is 1. The van der Waals surface area contributed by atoms with Crippen LogP contribution in [0.1, 0.15) is 5.56 Å². The van der Waals surface area contributed by atoms with Gasteiger partial charge in [0.1, 0.15) is 0 Å². The molecule has 1 N–H and O–H groups in total. The summed E-state index contributed by atoms with van der Waals surface area (Å²) in [6.45, 7) is 1.29. The summed E-state index contributed by atoms with van der Waals surface area (Å²) in [4.78, 5) is 3.20. The summed E-state index contributed by atoms with van der Waals surface area (Å²) < 4.78 is 71.0. The molecule has 1 aliphatic rings. The van der Waals surface area contributed by atoms with Crippen LogP contribution >= 0.6 is 0 Å². The molecule has 2 heterocycles. The van der Waals surface area contributed by atoms with Gasteiger partial charge in [0.25, 0.3) is 0 Å². The molecule has 0 saturated carbocycles. The number of nitrogens with one attached hydrogen (secondary N) is 1. The van der Waals surface area contributed by atoms with Crippen LogP contribution < -0.4 is 0 Å². The van der Waals surface area contributed by atoms with Crippen molar-refractivity contribution in [2.75, 3.05) is 26.3 Å². The third-order valence-corrected chi connectivity index (χ3v) is 6.60. The topological polar surface area (TPSA) is 62.4 Å². The van der Waals surface area contributed by atoms with Crippen molar-refractivity contribution in [2.45, 2.75) is 11.1 Å². The number of hydrogen-bond donors (Lipinski definition) is 1. The van der Waals surface area contributed by atoms with E-state index >= 15 is 0 Å². The van der Waals surface area contributed by atoms with Crippen molar-refractivity contribution in [1.82, 2.24) is 9.29 Å². The first kappa shape index (κ1) is 19.0. The van der Waals surface area contributed by atoms with E-state index in [0.717, 1.165) is 12.1 Å². The Balaban J connectivity index is 1.71. The van der Waals surface area contributed by atoms with E-state index in [2.05, 4.69) is 4.98 Å². The molecule has 0 aliphatic carbocycles. The molecule has 0 radical (unpaired) electrons. The van der Waals surface area contributed by atoms with Crippen molar-refractivity contribution in [2.24, 2.45) is 0 Å². The molecule has 28 heavy (non-hydrogen) atoms. The highest BCUT2D eigenvalue weighted by molar-refractivity contribution is 7.89. The lowest BCUT2D eigenvalue weighted by molar-refractivity contribution is -0.137. The average Bonchev–Trinajstić information content (AvgIpc) is 3.11. The first-order valence-corrected chi connectivity index (χ1v) is 10.1. The predicted octanol–water partition coefficient (Wildman–Crippen LogP) is 3.87. The van der Waals surface area contributed by atoms with Gasteiger partial charge in [0, 0.05) is 29.7 Å². The largest absolute Gasteiger partial charge is 0.416 e. The van der Waals surface area contributed by atoms with E-state index in [0.29, 0.717) is 48.5 Å². The maximum Gasteiger partial charge on any atom is 0.416 e. The van der Waals surface area contributed by atoms with Crippen molar-refractivity contribution in [3.05, 3.63) is 54.1 Å². The van der Waals surface area contributed by atoms with E-state index < -0.39 is 21.8 Å². The summed E-state index contributed by atoms with van der Waals surface area (Å²) in [7, 11) is -3.64. The van der Waals surface area contributed by atoms with Gasteiger partial charge in [-0.15, -0.1) is 0 Å². The number of alkyl halides is 3. The number of ether oxygens (including phenoxy) is 1. The Morgan fingerprint density at radius 1 is 1.00 bits per heavy atom. The van der Waals surface area contributed by atoms with Crippen molar-refractivity contribution in [3.63, 3.8) is 0 Å². The number of morpholine rings is 1. The summed E-state index contributed by atoms with van der Waals surface area (Å²) in [6, 6.07) is 11.3. The molecule has 4 rings (SSSR count). The number of rotatable bonds is 3. The van der Waals surface area contributed by atoms with Crippen LogP contribution in [-0.2, 0) is 20.9 Å². The lowest BCUT2D eigenvalue weighted by Gasteiger charge is -2.26. The highest BCUT2D eigenvalue weighted by atomic mass is 32.2. The van der Waals surface area contributed by atoms with E-state index in [9.17, 15) is 21.6 Å². The van der Waals surface area contributed by atoms with Crippen LogP contribution in [0.2, 0.25) is 0 Å². The highest BCUT2D eigenvalue weighted by Gasteiger charge is 2.30. The molecule has 1 saturated heterocycles. The third kappa shape index (κ3) is 3.52. The first-order chi connectivity index (χ1) is 13.2. The zero-order valence-electron chi connectivity index (χ0n) is 14.7. The van der Waals surface area contributed by atoms with Crippen LogP contribution in [0, 0.1) is 0 Å². The third-order valence-electron chi connectivity index (χ3n) is 4.70. The molecule has 0 bridgehead atoms. The van der Waals surface area contributed by atoms with E-state index in [4.69, 9.17) is 4.74 Å². The number of fused-ring (bicyclic) bond motifs is 1. The zero-order chi connectivity index (χ0) is 19.9. The normalized spacial score (nSPS) is 16.5. The van der Waals surface area contributed by atoms with Gasteiger partial charge in [-0.2, -0.15) is 17.5 Å². The molecule has 0 unspecified atom stereocenters. The number of aromatic nitrogens is 1. The van der Waals surface area contributed by atoms with Crippen molar-refractivity contribution in [3.8, 4) is 11.3 Å². The summed E-state index contributed by atoms with van der Waals surface area (Å²) in [5, 5.41) is 0.613. The van der Waals surface area contributed by atoms with Crippen LogP contribution in [0.3, 0.4) is 0 Å². The minimum atomic E-state index is -4.43. The first-order valence-electron chi connectivity index (χ1n) is 8.63. The molecule has 1 fully saturated rings. The summed E-state index contributed by atoms with van der Waals surface area (Å²) >= 11 is 0. The molecule has 0 amide bonds. The molecule has 0 spiro atoms. The van der Waals surface area contributed by atoms with Gasteiger partial charge >= 0.3 is 6.18 Å². The SMILES string of the molecule is O=S(=O)(c1ccc2[nH]c(-c3cccc(C(F)(F)F)c3)cc2c1)N1CCOCC1. The van der Waals surface area contributed by atoms with Gasteiger partial charge in [0.2, 0.25) is 10.0 Å². The van der Waals surface area contributed by atoms with Crippen molar-refractivity contribution >= 4 is 20.9 Å². The highest BCUT2D eigenvalue weighted by Crippen LogP contribution is 2.33. The second kappa shape index (κ2) is 6.91. The Kier molecular flexibility index (Phi) is 4.68. The second-order valence-electron chi connectivity index (χ2n) is 6.53. The van der Waals surface area contributed by atoms with Gasteiger partial charge in [-0.05, 0) is 42.0 Å². The van der Waals surface area contributed by atoms with Crippen LogP contribution in [0.25, 0.3) is 22.2 Å². The second-order valence-corrected chi connectivity index (χ2v) is 8.47. The van der Waals surface area contributed by atoms with Crippen LogP contribution in [0.4, 0.5) is 13.2 Å². The molecule has 1 aliphatic heterocycles. The fourth-order valence-electron chi connectivity index (χ4n) is 3.23. The predicted molar refractivity (Wildman–Crippen MR) is 98.3 cm³/mol. The van der Waals surface area contributed by atoms with Gasteiger partial charge in [-0.1, -0.05) is 12.1 Å². The molecule has 5 nitrogen and oxygen atoms in total. The number of halogens is 3. The Bertz CT molecular complexity index is 1120. The molecule has 9 heteroatoms. The van der Waals surface area contributed by atoms with Crippen molar-refractivity contribution in [1.29, 1.82) is 0 Å². The Hall–Kier alpha value is -2.36. The minimum absolute atomic E-state index is 0.150. The van der Waals surface area contributed by atoms with Crippen molar-refractivity contribution < 1.29 is 26.3 Å². The molecule has 3 aromatic rings. The van der Waals surface area contributed by atoms with Crippen LogP contribution in [0.15, 0.2) is 53.4 Å². The number of hydrogen-bond acceptors (Lipinski definition) is 3. The Morgan fingerprint density at radius 3 is 2.46 bits per heavy atom. The smallest absolute Gasteiger partial charge is 0.379 e. The number of sulfonamides is 1. The molecular formula is C19H17F3N2O3S. The van der Waals surface area contributed by atoms with Gasteiger partial charge in [-0.25, -0.2) is 8.42 Å². The summed E-state index contributed by atoms with van der Waals surface area (Å²) in [6.07, 6.45) is -4.43. The van der Waals surface area contributed by atoms with E-state index in [1.165, 1.54) is 22.5 Å². The minimum Gasteiger partial charge on any atom is -0.379 e. The number of benzene rings is 2. The molecule has 148 valence electrons. The zero-order valence-corrected chi connectivity index (χ0v) is 15.5. The molecule has 0 atom stereocenters. The fourth-order valence-corrected chi connectivity index (χ4v) is 4.67. The standard InChI is InChI=1S/C19H17F3N2O3S/c20-19(21,22)15-3-1-2-13(10-15)18-12-14-11-16(4-5-17(14)23-18)28(25,26)24-6-8-27-9-7-24/h1-5,10-12,23H,6-9H2. The van der Waals surface area contributed by atoms with Crippen LogP contribution in [-0.4, -0.2) is 44.0 Å². The van der Waals surface area contributed by atoms with Gasteiger partial charge in [0.15, 0.2) is 0 Å². The van der Waals surface area contributed by atoms with Gasteiger partial charge in [0.05, 0.1) is 23.7 Å². The summed E-state index contributed by atoms with van der Waals surface area (Å²) in [5.74, 6) is 0.